The van der Waals surface area contributed by atoms with Crippen LogP contribution >= 0.6 is 0 Å². The summed E-state index contributed by atoms with van der Waals surface area (Å²) in [6.07, 6.45) is 9.06. The van der Waals surface area contributed by atoms with Gasteiger partial charge in [-0.3, -0.25) is 9.80 Å². The summed E-state index contributed by atoms with van der Waals surface area (Å²) in [5.74, 6) is 1.95. The molecule has 6 rings (SSSR count). The van der Waals surface area contributed by atoms with Crippen molar-refractivity contribution in [3.63, 3.8) is 0 Å². The van der Waals surface area contributed by atoms with Gasteiger partial charge in [0.1, 0.15) is 18.9 Å². The van der Waals surface area contributed by atoms with Crippen molar-refractivity contribution in [2.75, 3.05) is 86.0 Å². The number of aromatic amines is 1. The molecule has 3 aliphatic rings. The van der Waals surface area contributed by atoms with E-state index in [1.54, 1.807) is 0 Å². The zero-order valence-electron chi connectivity index (χ0n) is 24.3. The lowest BCUT2D eigenvalue weighted by Crippen LogP contribution is -2.39. The van der Waals surface area contributed by atoms with Crippen LogP contribution in [0.1, 0.15) is 37.2 Å². The molecule has 2 atom stereocenters. The lowest BCUT2D eigenvalue weighted by molar-refractivity contribution is 0.0305. The maximum absolute atomic E-state index is 6.38. The first-order chi connectivity index (χ1) is 20.3. The minimum atomic E-state index is 0.256. The molecule has 0 amide bonds. The minimum absolute atomic E-state index is 0.256. The SMILES string of the molecule is COC1CCCC[C@H]1c1c[nH]c2ncc(-c3ccc(OCCN4CCOCC4)c(OCCN4CCOCC4)c3)cc12. The van der Waals surface area contributed by atoms with Gasteiger partial charge in [0.2, 0.25) is 0 Å². The molecular formula is C32H44N4O5. The molecule has 41 heavy (non-hydrogen) atoms. The lowest BCUT2D eigenvalue weighted by Gasteiger charge is -2.30. The summed E-state index contributed by atoms with van der Waals surface area (Å²) >= 11 is 0. The molecule has 4 heterocycles. The van der Waals surface area contributed by atoms with Gasteiger partial charge in [0.15, 0.2) is 11.5 Å². The van der Waals surface area contributed by atoms with E-state index in [4.69, 9.17) is 28.7 Å². The highest BCUT2D eigenvalue weighted by atomic mass is 16.5. The van der Waals surface area contributed by atoms with E-state index in [0.717, 1.165) is 107 Å². The highest BCUT2D eigenvalue weighted by Gasteiger charge is 2.28. The highest BCUT2D eigenvalue weighted by molar-refractivity contribution is 5.85. The monoisotopic (exact) mass is 564 g/mol. The van der Waals surface area contributed by atoms with Crippen molar-refractivity contribution >= 4 is 11.0 Å². The molecule has 0 radical (unpaired) electrons. The van der Waals surface area contributed by atoms with Crippen LogP contribution < -0.4 is 9.47 Å². The number of benzene rings is 1. The Balaban J connectivity index is 1.21. The summed E-state index contributed by atoms with van der Waals surface area (Å²) in [6, 6.07) is 8.54. The van der Waals surface area contributed by atoms with Gasteiger partial charge >= 0.3 is 0 Å². The molecule has 1 aliphatic carbocycles. The van der Waals surface area contributed by atoms with Crippen LogP contribution in [0.2, 0.25) is 0 Å². The molecule has 3 aromatic rings. The van der Waals surface area contributed by atoms with Gasteiger partial charge < -0.3 is 28.7 Å². The molecule has 222 valence electrons. The van der Waals surface area contributed by atoms with E-state index in [2.05, 4.69) is 39.2 Å². The minimum Gasteiger partial charge on any atom is -0.488 e. The molecule has 1 N–H and O–H groups in total. The van der Waals surface area contributed by atoms with Crippen LogP contribution in [0.3, 0.4) is 0 Å². The molecule has 1 unspecified atom stereocenters. The zero-order chi connectivity index (χ0) is 27.9. The first kappa shape index (κ1) is 28.4. The van der Waals surface area contributed by atoms with Gasteiger partial charge in [0.25, 0.3) is 0 Å². The number of rotatable bonds is 11. The van der Waals surface area contributed by atoms with Crippen molar-refractivity contribution in [2.24, 2.45) is 0 Å². The van der Waals surface area contributed by atoms with E-state index in [1.165, 1.54) is 23.8 Å². The van der Waals surface area contributed by atoms with Crippen LogP contribution in [0.25, 0.3) is 22.2 Å². The largest absolute Gasteiger partial charge is 0.488 e. The third kappa shape index (κ3) is 7.04. The fraction of sp³-hybridized carbons (Fsp3) is 0.594. The van der Waals surface area contributed by atoms with E-state index >= 15 is 0 Å². The van der Waals surface area contributed by atoms with Crippen molar-refractivity contribution < 1.29 is 23.7 Å². The van der Waals surface area contributed by atoms with Crippen LogP contribution in [0, 0.1) is 0 Å². The summed E-state index contributed by atoms with van der Waals surface area (Å²) < 4.78 is 29.5. The first-order valence-corrected chi connectivity index (χ1v) is 15.3. The summed E-state index contributed by atoms with van der Waals surface area (Å²) in [7, 11) is 1.84. The number of ether oxygens (including phenoxy) is 5. The van der Waals surface area contributed by atoms with Gasteiger partial charge in [-0.1, -0.05) is 18.9 Å². The van der Waals surface area contributed by atoms with E-state index in [1.807, 2.05) is 19.4 Å². The second kappa shape index (κ2) is 14.0. The maximum atomic E-state index is 6.38. The molecule has 9 heteroatoms. The van der Waals surface area contributed by atoms with Crippen LogP contribution in [-0.4, -0.2) is 112 Å². The van der Waals surface area contributed by atoms with Crippen molar-refractivity contribution in [2.45, 2.75) is 37.7 Å². The number of aromatic nitrogens is 2. The molecule has 1 aromatic carbocycles. The quantitative estimate of drug-likeness (QED) is 0.369. The van der Waals surface area contributed by atoms with Crippen LogP contribution in [0.5, 0.6) is 11.5 Å². The summed E-state index contributed by atoms with van der Waals surface area (Å²) in [5.41, 5.74) is 4.38. The molecular weight excluding hydrogens is 520 g/mol. The number of H-pyrrole nitrogens is 1. The molecule has 2 aromatic heterocycles. The Kier molecular flexibility index (Phi) is 9.70. The number of methoxy groups -OCH3 is 1. The number of nitrogens with one attached hydrogen (secondary N) is 1. The summed E-state index contributed by atoms with van der Waals surface area (Å²) in [5, 5.41) is 1.18. The van der Waals surface area contributed by atoms with Gasteiger partial charge in [-0.2, -0.15) is 0 Å². The number of pyridine rings is 1. The van der Waals surface area contributed by atoms with Gasteiger partial charge in [-0.25, -0.2) is 4.98 Å². The third-order valence-electron chi connectivity index (χ3n) is 8.78. The van der Waals surface area contributed by atoms with Crippen LogP contribution in [-0.2, 0) is 14.2 Å². The van der Waals surface area contributed by atoms with Gasteiger partial charge in [0, 0.05) is 75.6 Å². The normalized spacial score (nSPS) is 22.7. The van der Waals surface area contributed by atoms with Gasteiger partial charge in [-0.15, -0.1) is 0 Å². The second-order valence-corrected chi connectivity index (χ2v) is 11.3. The van der Waals surface area contributed by atoms with Crippen LogP contribution in [0.15, 0.2) is 36.7 Å². The van der Waals surface area contributed by atoms with E-state index < -0.39 is 0 Å². The van der Waals surface area contributed by atoms with E-state index in [9.17, 15) is 0 Å². The molecule has 0 bridgehead atoms. The van der Waals surface area contributed by atoms with Crippen molar-refractivity contribution in [3.05, 3.63) is 42.2 Å². The molecule has 3 fully saturated rings. The summed E-state index contributed by atoms with van der Waals surface area (Å²) in [6.45, 7) is 9.90. The standard InChI is InChI=1S/C32H44N4O5/c1-37-29-5-3-2-4-26(29)28-23-34-32-27(28)20-25(22-33-32)24-6-7-30(40-18-12-35-8-14-38-15-9-35)31(21-24)41-19-13-36-10-16-39-17-11-36/h6-7,20-23,26,29H,2-5,8-19H2,1H3,(H,33,34)/t26-,29?/m0/s1. The predicted molar refractivity (Wildman–Crippen MR) is 159 cm³/mol. The van der Waals surface area contributed by atoms with Crippen molar-refractivity contribution in [1.29, 1.82) is 0 Å². The molecule has 1 saturated carbocycles. The first-order valence-electron chi connectivity index (χ1n) is 15.3. The van der Waals surface area contributed by atoms with Crippen molar-refractivity contribution in [3.8, 4) is 22.6 Å². The number of fused-ring (bicyclic) bond motifs is 1. The topological polar surface area (TPSA) is 81.3 Å². The third-order valence-corrected chi connectivity index (χ3v) is 8.78. The highest BCUT2D eigenvalue weighted by Crippen LogP contribution is 2.39. The average Bonchev–Trinajstić information content (AvgIpc) is 3.46. The Bertz CT molecular complexity index is 1250. The van der Waals surface area contributed by atoms with Crippen molar-refractivity contribution in [1.82, 2.24) is 19.8 Å². The second-order valence-electron chi connectivity index (χ2n) is 11.3. The number of morpholine rings is 2. The number of hydrogen-bond donors (Lipinski definition) is 1. The van der Waals surface area contributed by atoms with Crippen LogP contribution in [0.4, 0.5) is 0 Å². The Morgan fingerprint density at radius 2 is 1.54 bits per heavy atom. The molecule has 0 spiro atoms. The smallest absolute Gasteiger partial charge is 0.161 e. The fourth-order valence-electron chi connectivity index (χ4n) is 6.36. The maximum Gasteiger partial charge on any atom is 0.161 e. The Morgan fingerprint density at radius 3 is 2.24 bits per heavy atom. The molecule has 2 aliphatic heterocycles. The molecule has 2 saturated heterocycles. The van der Waals surface area contributed by atoms with E-state index in [-0.39, 0.29) is 6.10 Å². The Hall–Kier alpha value is -2.69. The predicted octanol–water partition coefficient (Wildman–Crippen LogP) is 4.32. The van der Waals surface area contributed by atoms with Gasteiger partial charge in [0.05, 0.1) is 32.5 Å². The Morgan fingerprint density at radius 1 is 0.854 bits per heavy atom. The van der Waals surface area contributed by atoms with E-state index in [0.29, 0.717) is 19.1 Å². The van der Waals surface area contributed by atoms with Gasteiger partial charge in [-0.05, 0) is 42.2 Å². The fourth-order valence-corrected chi connectivity index (χ4v) is 6.36. The lowest BCUT2D eigenvalue weighted by atomic mass is 9.81. The zero-order valence-corrected chi connectivity index (χ0v) is 24.3. The number of nitrogens with zero attached hydrogens (tertiary/aromatic N) is 3. The summed E-state index contributed by atoms with van der Waals surface area (Å²) in [4.78, 5) is 13.0. The molecule has 9 nitrogen and oxygen atoms in total. The Labute approximate surface area is 243 Å². The number of hydrogen-bond acceptors (Lipinski definition) is 8. The average molecular weight is 565 g/mol.